The molecule has 0 aliphatic heterocycles. The molecule has 4 nitrogen and oxygen atoms in total. The van der Waals surface area contributed by atoms with Crippen molar-refractivity contribution in [3.05, 3.63) is 58.3 Å². The number of benzene rings is 1. The summed E-state index contributed by atoms with van der Waals surface area (Å²) in [5.74, 6) is -1.91. The molecule has 2 rings (SSSR count). The van der Waals surface area contributed by atoms with Gasteiger partial charge in [0.2, 0.25) is 5.43 Å². The van der Waals surface area contributed by atoms with Crippen LogP contribution in [0.4, 0.5) is 4.39 Å². The van der Waals surface area contributed by atoms with Crippen molar-refractivity contribution < 1.29 is 14.3 Å². The van der Waals surface area contributed by atoms with E-state index in [1.54, 1.807) is 6.07 Å². The Balaban J connectivity index is 2.70. The molecule has 2 N–H and O–H groups in total. The van der Waals surface area contributed by atoms with Crippen LogP contribution < -0.4 is 5.43 Å². The van der Waals surface area contributed by atoms with E-state index in [1.807, 2.05) is 0 Å². The summed E-state index contributed by atoms with van der Waals surface area (Å²) in [5, 5.41) is 8.79. The van der Waals surface area contributed by atoms with E-state index in [-0.39, 0.29) is 11.1 Å². The number of carbonyl (C=O) groups is 1. The van der Waals surface area contributed by atoms with Gasteiger partial charge in [-0.15, -0.1) is 0 Å². The topological polar surface area (TPSA) is 70.2 Å². The molecule has 0 atom stereocenters. The number of aromatic amines is 1. The summed E-state index contributed by atoms with van der Waals surface area (Å²) in [6.45, 7) is 0. The second-order valence-corrected chi connectivity index (χ2v) is 3.40. The molecule has 0 bridgehead atoms. The highest BCUT2D eigenvalue weighted by molar-refractivity contribution is 5.88. The number of aromatic carboxylic acids is 1. The van der Waals surface area contributed by atoms with Crippen LogP contribution in [0.5, 0.6) is 0 Å². The number of carboxylic acids is 1. The van der Waals surface area contributed by atoms with Gasteiger partial charge in [0.25, 0.3) is 0 Å². The van der Waals surface area contributed by atoms with Crippen LogP contribution >= 0.6 is 0 Å². The lowest BCUT2D eigenvalue weighted by Crippen LogP contribution is -2.17. The molecular formula is C12H8FNO3. The smallest absolute Gasteiger partial charge is 0.341 e. The fraction of sp³-hybridized carbons (Fsp3) is 0. The van der Waals surface area contributed by atoms with E-state index in [0.29, 0.717) is 0 Å². The number of rotatable bonds is 2. The number of hydrogen-bond acceptors (Lipinski definition) is 2. The molecule has 0 radical (unpaired) electrons. The zero-order valence-electron chi connectivity index (χ0n) is 8.61. The molecule has 0 unspecified atom stereocenters. The maximum atomic E-state index is 13.5. The first-order valence-corrected chi connectivity index (χ1v) is 4.80. The molecule has 86 valence electrons. The summed E-state index contributed by atoms with van der Waals surface area (Å²) in [7, 11) is 0. The standard InChI is InChI=1S/C12H8FNO3/c13-10-4-2-1-3-7(10)8-5-14-6-9(11(8)15)12(16)17/h1-6H,(H,14,15)(H,16,17). The predicted molar refractivity (Wildman–Crippen MR) is 59.4 cm³/mol. The maximum Gasteiger partial charge on any atom is 0.341 e. The van der Waals surface area contributed by atoms with Crippen LogP contribution in [0.3, 0.4) is 0 Å². The first-order chi connectivity index (χ1) is 8.11. The Morgan fingerprint density at radius 1 is 1.18 bits per heavy atom. The molecule has 0 aliphatic carbocycles. The Kier molecular flexibility index (Phi) is 2.74. The van der Waals surface area contributed by atoms with Crippen LogP contribution in [-0.2, 0) is 0 Å². The molecule has 0 saturated heterocycles. The predicted octanol–water partition coefficient (Wildman–Crippen LogP) is 1.88. The Morgan fingerprint density at radius 2 is 1.88 bits per heavy atom. The van der Waals surface area contributed by atoms with Crippen molar-refractivity contribution in [3.8, 4) is 11.1 Å². The van der Waals surface area contributed by atoms with Gasteiger partial charge in [-0.25, -0.2) is 9.18 Å². The maximum absolute atomic E-state index is 13.5. The minimum atomic E-state index is -1.34. The number of hydrogen-bond donors (Lipinski definition) is 2. The van der Waals surface area contributed by atoms with Crippen LogP contribution in [0.25, 0.3) is 11.1 Å². The lowest BCUT2D eigenvalue weighted by molar-refractivity contribution is 0.0695. The van der Waals surface area contributed by atoms with E-state index in [4.69, 9.17) is 5.11 Å². The van der Waals surface area contributed by atoms with Crippen molar-refractivity contribution in [2.24, 2.45) is 0 Å². The van der Waals surface area contributed by atoms with E-state index >= 15 is 0 Å². The van der Waals surface area contributed by atoms with Crippen molar-refractivity contribution in [3.63, 3.8) is 0 Å². The summed E-state index contributed by atoms with van der Waals surface area (Å²) in [6.07, 6.45) is 2.36. The summed E-state index contributed by atoms with van der Waals surface area (Å²) in [6, 6.07) is 5.70. The first kappa shape index (κ1) is 11.1. The van der Waals surface area contributed by atoms with Gasteiger partial charge in [-0.05, 0) is 6.07 Å². The molecule has 0 saturated carbocycles. The average molecular weight is 233 g/mol. The second kappa shape index (κ2) is 4.21. The highest BCUT2D eigenvalue weighted by Crippen LogP contribution is 2.18. The molecule has 0 fully saturated rings. The molecule has 17 heavy (non-hydrogen) atoms. The molecule has 1 aromatic heterocycles. The van der Waals surface area contributed by atoms with Crippen LogP contribution in [0, 0.1) is 5.82 Å². The van der Waals surface area contributed by atoms with Crippen LogP contribution in [0.1, 0.15) is 10.4 Å². The number of carboxylic acid groups (broad SMARTS) is 1. The van der Waals surface area contributed by atoms with Crippen molar-refractivity contribution in [2.75, 3.05) is 0 Å². The Morgan fingerprint density at radius 3 is 2.53 bits per heavy atom. The lowest BCUT2D eigenvalue weighted by Gasteiger charge is -2.03. The normalized spacial score (nSPS) is 10.2. The third kappa shape index (κ3) is 1.94. The molecule has 0 aliphatic rings. The fourth-order valence-corrected chi connectivity index (χ4v) is 1.52. The van der Waals surface area contributed by atoms with Gasteiger partial charge in [0.05, 0.1) is 0 Å². The summed E-state index contributed by atoms with van der Waals surface area (Å²) in [5.41, 5.74) is -1.04. The van der Waals surface area contributed by atoms with Gasteiger partial charge in [-0.2, -0.15) is 0 Å². The fourth-order valence-electron chi connectivity index (χ4n) is 1.52. The van der Waals surface area contributed by atoms with E-state index in [2.05, 4.69) is 4.98 Å². The quantitative estimate of drug-likeness (QED) is 0.831. The van der Waals surface area contributed by atoms with Crippen molar-refractivity contribution in [1.29, 1.82) is 0 Å². The highest BCUT2D eigenvalue weighted by Gasteiger charge is 2.14. The second-order valence-electron chi connectivity index (χ2n) is 3.40. The van der Waals surface area contributed by atoms with Crippen molar-refractivity contribution >= 4 is 5.97 Å². The average Bonchev–Trinajstić information content (AvgIpc) is 2.30. The zero-order valence-corrected chi connectivity index (χ0v) is 8.61. The SMILES string of the molecule is O=C(O)c1c[nH]cc(-c2ccccc2F)c1=O. The monoisotopic (exact) mass is 233 g/mol. The van der Waals surface area contributed by atoms with Crippen LogP contribution in [-0.4, -0.2) is 16.1 Å². The van der Waals surface area contributed by atoms with E-state index in [9.17, 15) is 14.0 Å². The van der Waals surface area contributed by atoms with Gasteiger partial charge >= 0.3 is 5.97 Å². The van der Waals surface area contributed by atoms with Crippen LogP contribution in [0.2, 0.25) is 0 Å². The van der Waals surface area contributed by atoms with Crippen molar-refractivity contribution in [1.82, 2.24) is 4.98 Å². The molecule has 0 spiro atoms. The Bertz CT molecular complexity index is 634. The number of halogens is 1. The van der Waals surface area contributed by atoms with Gasteiger partial charge in [0.15, 0.2) is 0 Å². The molecule has 0 amide bonds. The number of nitrogens with one attached hydrogen (secondary N) is 1. The molecule has 5 heteroatoms. The van der Waals surface area contributed by atoms with Gasteiger partial charge in [-0.1, -0.05) is 18.2 Å². The summed E-state index contributed by atoms with van der Waals surface area (Å²) >= 11 is 0. The molecule has 1 heterocycles. The van der Waals surface area contributed by atoms with Gasteiger partial charge < -0.3 is 10.1 Å². The number of H-pyrrole nitrogens is 1. The third-order valence-corrected chi connectivity index (χ3v) is 2.34. The van der Waals surface area contributed by atoms with E-state index in [0.717, 1.165) is 6.20 Å². The highest BCUT2D eigenvalue weighted by atomic mass is 19.1. The summed E-state index contributed by atoms with van der Waals surface area (Å²) < 4.78 is 13.5. The minimum Gasteiger partial charge on any atom is -0.477 e. The van der Waals surface area contributed by atoms with Crippen LogP contribution in [0.15, 0.2) is 41.5 Å². The molecule has 1 aromatic carbocycles. The van der Waals surface area contributed by atoms with Gasteiger partial charge in [0, 0.05) is 23.5 Å². The largest absolute Gasteiger partial charge is 0.477 e. The van der Waals surface area contributed by atoms with Gasteiger partial charge in [-0.3, -0.25) is 4.79 Å². The van der Waals surface area contributed by atoms with E-state index in [1.165, 1.54) is 24.4 Å². The molecular weight excluding hydrogens is 225 g/mol. The molecule has 2 aromatic rings. The Hall–Kier alpha value is -2.43. The summed E-state index contributed by atoms with van der Waals surface area (Å²) in [4.78, 5) is 25.1. The zero-order chi connectivity index (χ0) is 12.4. The minimum absolute atomic E-state index is 0.00278. The number of aromatic nitrogens is 1. The van der Waals surface area contributed by atoms with E-state index < -0.39 is 22.8 Å². The lowest BCUT2D eigenvalue weighted by atomic mass is 10.0. The number of pyridine rings is 1. The Labute approximate surface area is 95.4 Å². The van der Waals surface area contributed by atoms with Crippen molar-refractivity contribution in [2.45, 2.75) is 0 Å². The third-order valence-electron chi connectivity index (χ3n) is 2.34. The first-order valence-electron chi connectivity index (χ1n) is 4.80. The van der Waals surface area contributed by atoms with Gasteiger partial charge in [0.1, 0.15) is 11.4 Å².